The Morgan fingerprint density at radius 1 is 1.13 bits per heavy atom. The Bertz CT molecular complexity index is 1020. The third-order valence-electron chi connectivity index (χ3n) is 5.13. The largest absolute Gasteiger partial charge is 0.465 e. The molecule has 0 aromatic heterocycles. The number of carbonyl (C=O) groups is 1. The van der Waals surface area contributed by atoms with Crippen molar-refractivity contribution in [2.75, 3.05) is 15.2 Å². The van der Waals surface area contributed by atoms with Gasteiger partial charge in [-0.2, -0.15) is 8.42 Å². The summed E-state index contributed by atoms with van der Waals surface area (Å²) in [7, 11) is -4.03. The van der Waals surface area contributed by atoms with Gasteiger partial charge in [-0.25, -0.2) is 17.8 Å². The van der Waals surface area contributed by atoms with E-state index in [1.54, 1.807) is 36.4 Å². The monoisotopic (exact) mass is 435 g/mol. The van der Waals surface area contributed by atoms with Crippen LogP contribution in [0.2, 0.25) is 0 Å². The van der Waals surface area contributed by atoms with Crippen molar-refractivity contribution >= 4 is 33.4 Å². The van der Waals surface area contributed by atoms with Crippen LogP contribution in [0.3, 0.4) is 0 Å². The number of fused-ring (bicyclic) bond motifs is 1. The Labute approximate surface area is 176 Å². The third-order valence-corrected chi connectivity index (χ3v) is 6.92. The van der Waals surface area contributed by atoms with Gasteiger partial charge in [0.15, 0.2) is 0 Å². The number of amides is 1. The molecule has 9 heteroatoms. The van der Waals surface area contributed by atoms with Gasteiger partial charge in [0.1, 0.15) is 11.5 Å². The van der Waals surface area contributed by atoms with Crippen molar-refractivity contribution in [3.05, 3.63) is 54.3 Å². The van der Waals surface area contributed by atoms with Gasteiger partial charge >= 0.3 is 16.3 Å². The Morgan fingerprint density at radius 3 is 2.40 bits per heavy atom. The number of hydrogen-bond donors (Lipinski definition) is 2. The summed E-state index contributed by atoms with van der Waals surface area (Å²) in [5.41, 5.74) is 0.352. The van der Waals surface area contributed by atoms with Gasteiger partial charge in [-0.1, -0.05) is 45.0 Å². The summed E-state index contributed by atoms with van der Waals surface area (Å²) in [6, 6.07) is 12.5. The van der Waals surface area contributed by atoms with Crippen molar-refractivity contribution in [1.29, 1.82) is 0 Å². The molecule has 0 fully saturated rings. The van der Waals surface area contributed by atoms with E-state index < -0.39 is 22.1 Å². The number of halogens is 1. The molecule has 1 atom stereocenters. The molecule has 0 aliphatic carbocycles. The van der Waals surface area contributed by atoms with E-state index in [0.717, 1.165) is 8.61 Å². The van der Waals surface area contributed by atoms with Crippen molar-refractivity contribution in [3.8, 4) is 0 Å². The summed E-state index contributed by atoms with van der Waals surface area (Å²) >= 11 is 0. The fourth-order valence-corrected chi connectivity index (χ4v) is 5.38. The van der Waals surface area contributed by atoms with Crippen molar-refractivity contribution in [1.82, 2.24) is 5.32 Å². The summed E-state index contributed by atoms with van der Waals surface area (Å²) in [5, 5.41) is 11.6. The van der Waals surface area contributed by atoms with Crippen LogP contribution in [0.1, 0.15) is 33.6 Å². The van der Waals surface area contributed by atoms with Crippen LogP contribution in [-0.4, -0.2) is 32.2 Å². The Kier molecular flexibility index (Phi) is 5.94. The van der Waals surface area contributed by atoms with Gasteiger partial charge in [-0.3, -0.25) is 0 Å². The fourth-order valence-electron chi connectivity index (χ4n) is 3.63. The first kappa shape index (κ1) is 21.9. The molecule has 2 N–H and O–H groups in total. The zero-order chi connectivity index (χ0) is 22.1. The normalized spacial score (nSPS) is 16.3. The Morgan fingerprint density at radius 2 is 1.80 bits per heavy atom. The number of nitrogens with zero attached hydrogens (tertiary/aromatic N) is 2. The summed E-state index contributed by atoms with van der Waals surface area (Å²) in [6.07, 6.45) is -0.357. The van der Waals surface area contributed by atoms with Crippen molar-refractivity contribution < 1.29 is 22.7 Å². The molecule has 7 nitrogen and oxygen atoms in total. The average Bonchev–Trinajstić information content (AvgIpc) is 2.88. The summed E-state index contributed by atoms with van der Waals surface area (Å²) in [6.45, 7) is 5.76. The molecule has 1 heterocycles. The van der Waals surface area contributed by atoms with Crippen molar-refractivity contribution in [2.45, 2.75) is 39.7 Å². The van der Waals surface area contributed by atoms with E-state index in [1.807, 2.05) is 20.8 Å². The predicted molar refractivity (Wildman–Crippen MR) is 115 cm³/mol. The molecule has 0 bridgehead atoms. The highest BCUT2D eigenvalue weighted by Gasteiger charge is 2.43. The van der Waals surface area contributed by atoms with E-state index in [9.17, 15) is 17.6 Å². The number of anilines is 3. The van der Waals surface area contributed by atoms with Gasteiger partial charge in [-0.05, 0) is 42.5 Å². The number of rotatable bonds is 6. The molecule has 1 unspecified atom stereocenters. The summed E-state index contributed by atoms with van der Waals surface area (Å²) in [5.74, 6) is -0.620. The van der Waals surface area contributed by atoms with Gasteiger partial charge in [0.25, 0.3) is 0 Å². The van der Waals surface area contributed by atoms with Crippen LogP contribution in [0.15, 0.2) is 48.5 Å². The molecule has 162 valence electrons. The molecule has 3 rings (SSSR count). The number of para-hydroxylation sites is 2. The molecule has 2 aromatic rings. The van der Waals surface area contributed by atoms with Crippen LogP contribution >= 0.6 is 0 Å². The molecule has 0 radical (unpaired) electrons. The lowest BCUT2D eigenvalue weighted by Gasteiger charge is -2.31. The SMILES string of the molecule is CC(C)(C)C(CCCN1c2c(F)cccc2N(c2ccccc2)S1(=O)=O)NC(=O)O. The van der Waals surface area contributed by atoms with E-state index in [-0.39, 0.29) is 29.4 Å². The van der Waals surface area contributed by atoms with Crippen LogP contribution in [0.25, 0.3) is 0 Å². The van der Waals surface area contributed by atoms with Crippen molar-refractivity contribution in [2.24, 2.45) is 5.41 Å². The zero-order valence-corrected chi connectivity index (χ0v) is 18.0. The molecule has 1 aliphatic rings. The minimum Gasteiger partial charge on any atom is -0.465 e. The van der Waals surface area contributed by atoms with Gasteiger partial charge in [-0.15, -0.1) is 0 Å². The summed E-state index contributed by atoms with van der Waals surface area (Å²) in [4.78, 5) is 11.1. The molecule has 30 heavy (non-hydrogen) atoms. The van der Waals surface area contributed by atoms with E-state index in [4.69, 9.17) is 5.11 Å². The number of nitrogens with one attached hydrogen (secondary N) is 1. The highest BCUT2D eigenvalue weighted by Crippen LogP contribution is 2.46. The standard InChI is InChI=1S/C21H26FN3O4S/c1-21(2,3)18(23-20(26)27)13-8-14-24-19-16(22)11-7-12-17(19)25(30(24,28)29)15-9-5-4-6-10-15/h4-7,9-12,18,23H,8,13-14H2,1-3H3,(H,26,27). The maximum absolute atomic E-state index is 14.7. The first-order chi connectivity index (χ1) is 14.0. The zero-order valence-electron chi connectivity index (χ0n) is 17.2. The molecular weight excluding hydrogens is 409 g/mol. The highest BCUT2D eigenvalue weighted by molar-refractivity contribution is 7.95. The van der Waals surface area contributed by atoms with Crippen LogP contribution in [0, 0.1) is 11.2 Å². The maximum Gasteiger partial charge on any atom is 0.404 e. The van der Waals surface area contributed by atoms with Crippen LogP contribution in [-0.2, 0) is 10.2 Å². The number of carboxylic acid groups (broad SMARTS) is 1. The van der Waals surface area contributed by atoms with Gasteiger partial charge in [0.2, 0.25) is 0 Å². The van der Waals surface area contributed by atoms with E-state index in [2.05, 4.69) is 5.32 Å². The highest BCUT2D eigenvalue weighted by atomic mass is 32.2. The average molecular weight is 436 g/mol. The molecule has 1 aliphatic heterocycles. The minimum absolute atomic E-state index is 0.0138. The molecular formula is C21H26FN3O4S. The second kappa shape index (κ2) is 8.14. The van der Waals surface area contributed by atoms with Gasteiger partial charge in [0, 0.05) is 12.6 Å². The van der Waals surface area contributed by atoms with E-state index >= 15 is 0 Å². The topological polar surface area (TPSA) is 90.0 Å². The first-order valence-electron chi connectivity index (χ1n) is 9.69. The summed E-state index contributed by atoms with van der Waals surface area (Å²) < 4.78 is 43.6. The lowest BCUT2D eigenvalue weighted by molar-refractivity contribution is 0.171. The molecule has 2 aromatic carbocycles. The van der Waals surface area contributed by atoms with E-state index in [0.29, 0.717) is 18.5 Å². The lowest BCUT2D eigenvalue weighted by atomic mass is 9.84. The first-order valence-corrected chi connectivity index (χ1v) is 11.1. The Hall–Kier alpha value is -2.81. The van der Waals surface area contributed by atoms with Gasteiger partial charge in [0.05, 0.1) is 11.4 Å². The number of benzene rings is 2. The second-order valence-corrected chi connectivity index (χ2v) is 10.00. The van der Waals surface area contributed by atoms with Crippen LogP contribution in [0.4, 0.5) is 26.2 Å². The van der Waals surface area contributed by atoms with Crippen LogP contribution < -0.4 is 13.9 Å². The molecule has 1 amide bonds. The Balaban J connectivity index is 1.89. The maximum atomic E-state index is 14.7. The smallest absolute Gasteiger partial charge is 0.404 e. The predicted octanol–water partition coefficient (Wildman–Crippen LogP) is 4.49. The number of hydrogen-bond acceptors (Lipinski definition) is 3. The van der Waals surface area contributed by atoms with Gasteiger partial charge < -0.3 is 10.4 Å². The molecule has 0 saturated heterocycles. The second-order valence-electron chi connectivity index (χ2n) is 8.30. The minimum atomic E-state index is -4.03. The molecule has 0 spiro atoms. The molecule has 0 saturated carbocycles. The third kappa shape index (κ3) is 4.21. The fraction of sp³-hybridized carbons (Fsp3) is 0.381. The van der Waals surface area contributed by atoms with Crippen LogP contribution in [0.5, 0.6) is 0 Å². The van der Waals surface area contributed by atoms with Crippen molar-refractivity contribution in [3.63, 3.8) is 0 Å². The lowest BCUT2D eigenvalue weighted by Crippen LogP contribution is -2.44. The quantitative estimate of drug-likeness (QED) is 0.700. The van der Waals surface area contributed by atoms with E-state index in [1.165, 1.54) is 12.1 Å².